The smallest absolute Gasteiger partial charge is 0.280 e. The number of aliphatic hydroxyl groups is 1. The summed E-state index contributed by atoms with van der Waals surface area (Å²) >= 11 is 0. The van der Waals surface area contributed by atoms with Gasteiger partial charge in [0.1, 0.15) is 6.10 Å². The first-order valence-corrected chi connectivity index (χ1v) is 9.13. The summed E-state index contributed by atoms with van der Waals surface area (Å²) < 4.78 is 13.4. The number of imidazole rings is 1. The van der Waals surface area contributed by atoms with Crippen LogP contribution in [0.5, 0.6) is 0 Å². The molecule has 0 radical (unpaired) electrons. The maximum absolute atomic E-state index is 12.4. The Bertz CT molecular complexity index is 921. The fourth-order valence-electron chi connectivity index (χ4n) is 3.13. The van der Waals surface area contributed by atoms with Crippen molar-refractivity contribution in [3.05, 3.63) is 29.3 Å². The molecule has 0 unspecified atom stereocenters. The number of nitrogens with zero attached hydrogens (tertiary/aromatic N) is 3. The number of hydrogen-bond acceptors (Lipinski definition) is 7. The van der Waals surface area contributed by atoms with E-state index in [9.17, 15) is 14.7 Å². The number of carbonyl (C=O) groups is 1. The minimum Gasteiger partial charge on any atom is -0.394 e. The normalized spacial score (nSPS) is 24.8. The number of rotatable bonds is 7. The molecule has 0 bridgehead atoms. The number of anilines is 1. The maximum Gasteiger partial charge on any atom is 0.280 e. The first-order chi connectivity index (χ1) is 13.4. The summed E-state index contributed by atoms with van der Waals surface area (Å²) in [6.07, 6.45) is 1.61. The number of aromatic amines is 1. The second kappa shape index (κ2) is 8.21. The van der Waals surface area contributed by atoms with E-state index in [1.165, 1.54) is 6.33 Å². The van der Waals surface area contributed by atoms with Crippen molar-refractivity contribution < 1.29 is 19.4 Å². The molecular weight excluding hydrogens is 366 g/mol. The first-order valence-electron chi connectivity index (χ1n) is 9.13. The molecular formula is C18H25N5O5. The van der Waals surface area contributed by atoms with E-state index in [4.69, 9.17) is 9.47 Å². The quantitative estimate of drug-likeness (QED) is 0.595. The number of carbonyl (C=O) groups excluding carboxylic acids is 1. The van der Waals surface area contributed by atoms with E-state index < -0.39 is 24.0 Å². The zero-order valence-corrected chi connectivity index (χ0v) is 16.1. The van der Waals surface area contributed by atoms with Crippen LogP contribution in [0.2, 0.25) is 0 Å². The van der Waals surface area contributed by atoms with Crippen LogP contribution in [0.3, 0.4) is 0 Å². The Morgan fingerprint density at radius 2 is 2.32 bits per heavy atom. The average Bonchev–Trinajstić information content (AvgIpc) is 3.21. The van der Waals surface area contributed by atoms with Crippen molar-refractivity contribution in [1.82, 2.24) is 19.5 Å². The number of amides is 1. The molecule has 10 nitrogen and oxygen atoms in total. The largest absolute Gasteiger partial charge is 0.394 e. The predicted molar refractivity (Wildman–Crippen MR) is 102 cm³/mol. The van der Waals surface area contributed by atoms with Crippen LogP contribution in [0.25, 0.3) is 11.2 Å². The van der Waals surface area contributed by atoms with Crippen molar-refractivity contribution in [3.8, 4) is 0 Å². The van der Waals surface area contributed by atoms with Gasteiger partial charge in [-0.3, -0.25) is 24.5 Å². The molecule has 0 saturated carbocycles. The van der Waals surface area contributed by atoms with Crippen LogP contribution in [-0.4, -0.2) is 56.0 Å². The SMILES string of the molecule is C=CCO[C@@H]1[C@H](C)[C@@H](CO)O[C@H]1n1cnc2c(=O)[nH]c(NC(=O)C(C)C)nc21. The van der Waals surface area contributed by atoms with Gasteiger partial charge in [0.15, 0.2) is 17.4 Å². The van der Waals surface area contributed by atoms with Crippen LogP contribution in [0.1, 0.15) is 27.0 Å². The summed E-state index contributed by atoms with van der Waals surface area (Å²) in [7, 11) is 0. The van der Waals surface area contributed by atoms with Gasteiger partial charge in [-0.25, -0.2) is 4.98 Å². The molecule has 1 aliphatic heterocycles. The van der Waals surface area contributed by atoms with E-state index in [0.29, 0.717) is 6.61 Å². The highest BCUT2D eigenvalue weighted by molar-refractivity contribution is 5.91. The molecule has 3 rings (SSSR count). The second-order valence-electron chi connectivity index (χ2n) is 7.08. The minimum absolute atomic E-state index is 0.0336. The fourth-order valence-corrected chi connectivity index (χ4v) is 3.13. The number of aliphatic hydroxyl groups excluding tert-OH is 1. The first kappa shape index (κ1) is 20.2. The van der Waals surface area contributed by atoms with Gasteiger partial charge in [0.05, 0.1) is 25.6 Å². The summed E-state index contributed by atoms with van der Waals surface area (Å²) in [4.78, 5) is 35.3. The van der Waals surface area contributed by atoms with Gasteiger partial charge in [-0.1, -0.05) is 26.8 Å². The van der Waals surface area contributed by atoms with Crippen molar-refractivity contribution in [3.63, 3.8) is 0 Å². The molecule has 10 heteroatoms. The molecule has 3 heterocycles. The van der Waals surface area contributed by atoms with Gasteiger partial charge >= 0.3 is 0 Å². The lowest BCUT2D eigenvalue weighted by molar-refractivity contribution is -0.118. The summed E-state index contributed by atoms with van der Waals surface area (Å²) in [6.45, 7) is 9.19. The Balaban J connectivity index is 2.01. The number of fused-ring (bicyclic) bond motifs is 1. The van der Waals surface area contributed by atoms with Crippen LogP contribution < -0.4 is 10.9 Å². The molecule has 2 aromatic heterocycles. The molecule has 28 heavy (non-hydrogen) atoms. The monoisotopic (exact) mass is 391 g/mol. The topological polar surface area (TPSA) is 131 Å². The van der Waals surface area contributed by atoms with Crippen LogP contribution in [0, 0.1) is 11.8 Å². The fraction of sp³-hybridized carbons (Fsp3) is 0.556. The molecule has 4 atom stereocenters. The standard InChI is InChI=1S/C18H25N5O5/c1-5-6-27-13-10(4)11(7-24)28-17(13)23-8-19-12-14(23)20-18(22-16(12)26)21-15(25)9(2)3/h5,8-11,13,17,24H,1,6-7H2,2-4H3,(H2,20,21,22,25,26)/t10-,11-,13-,17-/m1/s1. The molecule has 152 valence electrons. The Morgan fingerprint density at radius 1 is 1.57 bits per heavy atom. The van der Waals surface area contributed by atoms with Gasteiger partial charge in [0, 0.05) is 11.8 Å². The van der Waals surface area contributed by atoms with Crippen LogP contribution in [0.4, 0.5) is 5.95 Å². The highest BCUT2D eigenvalue weighted by atomic mass is 16.6. The van der Waals surface area contributed by atoms with Gasteiger partial charge in [-0.15, -0.1) is 6.58 Å². The lowest BCUT2D eigenvalue weighted by Gasteiger charge is -2.22. The van der Waals surface area contributed by atoms with Crippen molar-refractivity contribution >= 4 is 23.0 Å². The summed E-state index contributed by atoms with van der Waals surface area (Å²) in [5.41, 5.74) is -0.101. The van der Waals surface area contributed by atoms with Crippen molar-refractivity contribution in [2.45, 2.75) is 39.2 Å². The van der Waals surface area contributed by atoms with E-state index in [2.05, 4.69) is 26.8 Å². The van der Waals surface area contributed by atoms with Crippen molar-refractivity contribution in [1.29, 1.82) is 0 Å². The van der Waals surface area contributed by atoms with E-state index in [1.807, 2.05) is 6.92 Å². The molecule has 1 amide bonds. The third-order valence-electron chi connectivity index (χ3n) is 4.76. The van der Waals surface area contributed by atoms with Crippen LogP contribution in [-0.2, 0) is 14.3 Å². The van der Waals surface area contributed by atoms with Gasteiger partial charge in [0.25, 0.3) is 5.56 Å². The lowest BCUT2D eigenvalue weighted by atomic mass is 10.0. The van der Waals surface area contributed by atoms with E-state index in [0.717, 1.165) is 0 Å². The molecule has 1 fully saturated rings. The molecule has 3 N–H and O–H groups in total. The Hall–Kier alpha value is -2.56. The summed E-state index contributed by atoms with van der Waals surface area (Å²) in [5, 5.41) is 12.2. The zero-order chi connectivity index (χ0) is 20.4. The van der Waals surface area contributed by atoms with Gasteiger partial charge in [-0.05, 0) is 0 Å². The number of nitrogens with one attached hydrogen (secondary N) is 2. The van der Waals surface area contributed by atoms with Crippen molar-refractivity contribution in [2.75, 3.05) is 18.5 Å². The molecule has 0 spiro atoms. The van der Waals surface area contributed by atoms with Crippen molar-refractivity contribution in [2.24, 2.45) is 11.8 Å². The highest BCUT2D eigenvalue weighted by Gasteiger charge is 2.44. The van der Waals surface area contributed by atoms with Gasteiger partial charge in [0.2, 0.25) is 11.9 Å². The average molecular weight is 391 g/mol. The molecule has 0 aromatic carbocycles. The molecule has 2 aromatic rings. The Morgan fingerprint density at radius 3 is 2.96 bits per heavy atom. The van der Waals surface area contributed by atoms with Crippen LogP contribution in [0.15, 0.2) is 23.8 Å². The maximum atomic E-state index is 12.4. The Labute approximate surface area is 161 Å². The summed E-state index contributed by atoms with van der Waals surface area (Å²) in [6, 6.07) is 0. The molecule has 0 aliphatic carbocycles. The third-order valence-corrected chi connectivity index (χ3v) is 4.76. The summed E-state index contributed by atoms with van der Waals surface area (Å²) in [5.74, 6) is -0.612. The third kappa shape index (κ3) is 3.71. The number of H-pyrrole nitrogens is 1. The van der Waals surface area contributed by atoms with E-state index >= 15 is 0 Å². The Kier molecular flexibility index (Phi) is 5.92. The zero-order valence-electron chi connectivity index (χ0n) is 16.1. The van der Waals surface area contributed by atoms with Gasteiger partial charge < -0.3 is 14.6 Å². The lowest BCUT2D eigenvalue weighted by Crippen LogP contribution is -2.29. The highest BCUT2D eigenvalue weighted by Crippen LogP contribution is 2.37. The van der Waals surface area contributed by atoms with Gasteiger partial charge in [-0.2, -0.15) is 4.98 Å². The second-order valence-corrected chi connectivity index (χ2v) is 7.08. The minimum atomic E-state index is -0.639. The molecule has 1 aliphatic rings. The van der Waals surface area contributed by atoms with E-state index in [1.54, 1.807) is 24.5 Å². The predicted octanol–water partition coefficient (Wildman–Crippen LogP) is 0.811. The van der Waals surface area contributed by atoms with Crippen LogP contribution >= 0.6 is 0 Å². The number of hydrogen-bond donors (Lipinski definition) is 3. The number of aromatic nitrogens is 4. The van der Waals surface area contributed by atoms with E-state index in [-0.39, 0.29) is 41.5 Å². The number of ether oxygens (including phenoxy) is 2. The molecule has 1 saturated heterocycles.